The number of hydrogen-bond donors (Lipinski definition) is 2. The molecule has 0 aliphatic rings. The average molecular weight is 288 g/mol. The number of amides is 1. The summed E-state index contributed by atoms with van der Waals surface area (Å²) < 4.78 is 0. The number of thiazole rings is 1. The Morgan fingerprint density at radius 3 is 3.06 bits per heavy atom. The van der Waals surface area contributed by atoms with Crippen molar-refractivity contribution in [3.05, 3.63) is 16.1 Å². The van der Waals surface area contributed by atoms with Crippen molar-refractivity contribution in [2.24, 2.45) is 0 Å². The number of carbonyl (C=O) groups is 1. The molecule has 0 aliphatic carbocycles. The van der Waals surface area contributed by atoms with Crippen LogP contribution in [0.1, 0.15) is 30.5 Å². The van der Waals surface area contributed by atoms with Gasteiger partial charge in [0, 0.05) is 29.9 Å². The van der Waals surface area contributed by atoms with Crippen LogP contribution < -0.4 is 5.32 Å². The predicted octanol–water partition coefficient (Wildman–Crippen LogP) is 1.96. The van der Waals surface area contributed by atoms with Crippen LogP contribution in [0.15, 0.2) is 5.38 Å². The minimum atomic E-state index is -0.354. The third-order valence-corrected chi connectivity index (χ3v) is 4.09. The van der Waals surface area contributed by atoms with E-state index in [0.29, 0.717) is 19.4 Å². The number of aromatic nitrogens is 1. The molecule has 1 heterocycles. The molecule has 2 N–H and O–H groups in total. The van der Waals surface area contributed by atoms with Gasteiger partial charge in [0.15, 0.2) is 0 Å². The summed E-state index contributed by atoms with van der Waals surface area (Å²) in [4.78, 5) is 15.8. The fourth-order valence-electron chi connectivity index (χ4n) is 1.32. The quantitative estimate of drug-likeness (QED) is 0.718. The van der Waals surface area contributed by atoms with E-state index in [9.17, 15) is 4.79 Å². The first-order valence-electron chi connectivity index (χ1n) is 6.01. The first kappa shape index (κ1) is 15.5. The number of thioether (sulfide) groups is 1. The van der Waals surface area contributed by atoms with Crippen molar-refractivity contribution in [1.82, 2.24) is 10.3 Å². The molecule has 0 spiro atoms. The minimum absolute atomic E-state index is 0.0533. The van der Waals surface area contributed by atoms with E-state index in [2.05, 4.69) is 15.7 Å². The highest BCUT2D eigenvalue weighted by Crippen LogP contribution is 2.15. The van der Waals surface area contributed by atoms with Gasteiger partial charge in [0.05, 0.1) is 16.8 Å². The molecule has 1 amide bonds. The molecule has 0 saturated heterocycles. The topological polar surface area (TPSA) is 62.2 Å². The van der Waals surface area contributed by atoms with Gasteiger partial charge in [0.2, 0.25) is 5.91 Å². The van der Waals surface area contributed by atoms with Gasteiger partial charge in [-0.3, -0.25) is 4.79 Å². The van der Waals surface area contributed by atoms with E-state index < -0.39 is 0 Å². The molecular weight excluding hydrogens is 268 g/mol. The number of aliphatic hydroxyl groups is 1. The Morgan fingerprint density at radius 2 is 2.44 bits per heavy atom. The zero-order valence-electron chi connectivity index (χ0n) is 10.8. The van der Waals surface area contributed by atoms with Crippen molar-refractivity contribution >= 4 is 29.0 Å². The summed E-state index contributed by atoms with van der Waals surface area (Å²) in [6, 6.07) is 0. The van der Waals surface area contributed by atoms with Crippen LogP contribution in [-0.2, 0) is 10.5 Å². The van der Waals surface area contributed by atoms with Gasteiger partial charge in [-0.2, -0.15) is 11.8 Å². The van der Waals surface area contributed by atoms with E-state index in [4.69, 9.17) is 5.11 Å². The lowest BCUT2D eigenvalue weighted by Crippen LogP contribution is -2.26. The Morgan fingerprint density at radius 1 is 1.67 bits per heavy atom. The highest BCUT2D eigenvalue weighted by molar-refractivity contribution is 7.98. The number of aliphatic hydroxyl groups excluding tert-OH is 1. The van der Waals surface area contributed by atoms with E-state index in [1.54, 1.807) is 30.0 Å². The SMILES string of the molecule is Cc1nc(CSCCC(=O)NCCC(C)O)cs1. The maximum atomic E-state index is 11.4. The second kappa shape index (κ2) is 8.50. The summed E-state index contributed by atoms with van der Waals surface area (Å²) in [5.41, 5.74) is 1.09. The zero-order valence-corrected chi connectivity index (χ0v) is 12.4. The van der Waals surface area contributed by atoms with Crippen LogP contribution in [0.2, 0.25) is 0 Å². The van der Waals surface area contributed by atoms with E-state index in [1.165, 1.54) is 0 Å². The van der Waals surface area contributed by atoms with Crippen LogP contribution in [0, 0.1) is 6.92 Å². The number of hydrogen-bond acceptors (Lipinski definition) is 5. The van der Waals surface area contributed by atoms with Gasteiger partial charge < -0.3 is 10.4 Å². The van der Waals surface area contributed by atoms with Crippen LogP contribution in [0.4, 0.5) is 0 Å². The number of aryl methyl sites for hydroxylation is 1. The van der Waals surface area contributed by atoms with Gasteiger partial charge in [-0.15, -0.1) is 11.3 Å². The molecular formula is C12H20N2O2S2. The standard InChI is InChI=1S/C12H20N2O2S2/c1-9(15)3-5-13-12(16)4-6-17-7-11-8-18-10(2)14-11/h8-9,15H,3-7H2,1-2H3,(H,13,16). The van der Waals surface area contributed by atoms with Crippen molar-refractivity contribution in [2.75, 3.05) is 12.3 Å². The maximum absolute atomic E-state index is 11.4. The average Bonchev–Trinajstić information content (AvgIpc) is 2.70. The van der Waals surface area contributed by atoms with Crippen LogP contribution in [0.5, 0.6) is 0 Å². The number of nitrogens with zero attached hydrogens (tertiary/aromatic N) is 1. The second-order valence-corrected chi connectivity index (χ2v) is 6.32. The molecule has 1 rings (SSSR count). The van der Waals surface area contributed by atoms with E-state index in [0.717, 1.165) is 22.2 Å². The van der Waals surface area contributed by atoms with Gasteiger partial charge in [-0.25, -0.2) is 4.98 Å². The Bertz CT molecular complexity index is 367. The first-order chi connectivity index (χ1) is 8.58. The molecule has 4 nitrogen and oxygen atoms in total. The van der Waals surface area contributed by atoms with Crippen molar-refractivity contribution in [3.8, 4) is 0 Å². The van der Waals surface area contributed by atoms with Gasteiger partial charge >= 0.3 is 0 Å². The highest BCUT2D eigenvalue weighted by atomic mass is 32.2. The number of nitrogens with one attached hydrogen (secondary N) is 1. The van der Waals surface area contributed by atoms with E-state index in [-0.39, 0.29) is 12.0 Å². The van der Waals surface area contributed by atoms with Crippen LogP contribution in [0.25, 0.3) is 0 Å². The summed E-state index contributed by atoms with van der Waals surface area (Å²) in [5, 5.41) is 15.0. The molecule has 0 aromatic carbocycles. The minimum Gasteiger partial charge on any atom is -0.393 e. The Kier molecular flexibility index (Phi) is 7.31. The summed E-state index contributed by atoms with van der Waals surface area (Å²) in [5.74, 6) is 1.72. The lowest BCUT2D eigenvalue weighted by atomic mass is 10.3. The predicted molar refractivity (Wildman–Crippen MR) is 76.9 cm³/mol. The van der Waals surface area contributed by atoms with Crippen LogP contribution >= 0.6 is 23.1 Å². The monoisotopic (exact) mass is 288 g/mol. The van der Waals surface area contributed by atoms with Crippen molar-refractivity contribution in [3.63, 3.8) is 0 Å². The molecule has 0 aliphatic heterocycles. The molecule has 1 atom stereocenters. The molecule has 0 bridgehead atoms. The third-order valence-electron chi connectivity index (χ3n) is 2.27. The largest absolute Gasteiger partial charge is 0.393 e. The lowest BCUT2D eigenvalue weighted by Gasteiger charge is -2.06. The molecule has 1 aromatic rings. The first-order valence-corrected chi connectivity index (χ1v) is 8.05. The summed E-state index contributed by atoms with van der Waals surface area (Å²) in [7, 11) is 0. The van der Waals surface area contributed by atoms with Gasteiger partial charge in [-0.05, 0) is 20.3 Å². The summed E-state index contributed by atoms with van der Waals surface area (Å²) in [6.45, 7) is 4.26. The summed E-state index contributed by atoms with van der Waals surface area (Å²) in [6.07, 6.45) is 0.775. The highest BCUT2D eigenvalue weighted by Gasteiger charge is 2.03. The van der Waals surface area contributed by atoms with Crippen molar-refractivity contribution in [1.29, 1.82) is 0 Å². The fourth-order valence-corrected chi connectivity index (χ4v) is 2.87. The van der Waals surface area contributed by atoms with Gasteiger partial charge in [0.1, 0.15) is 0 Å². The third kappa shape index (κ3) is 6.98. The molecule has 6 heteroatoms. The number of carbonyl (C=O) groups excluding carboxylic acids is 1. The Hall–Kier alpha value is -0.590. The Labute approximate surface area is 116 Å². The van der Waals surface area contributed by atoms with Crippen LogP contribution in [-0.4, -0.2) is 34.4 Å². The lowest BCUT2D eigenvalue weighted by molar-refractivity contribution is -0.120. The normalized spacial score (nSPS) is 12.4. The Balaban J connectivity index is 2.02. The fraction of sp³-hybridized carbons (Fsp3) is 0.667. The smallest absolute Gasteiger partial charge is 0.220 e. The molecule has 1 unspecified atom stereocenters. The molecule has 18 heavy (non-hydrogen) atoms. The van der Waals surface area contributed by atoms with E-state index >= 15 is 0 Å². The van der Waals surface area contributed by atoms with Crippen LogP contribution in [0.3, 0.4) is 0 Å². The van der Waals surface area contributed by atoms with Crippen molar-refractivity contribution in [2.45, 2.75) is 38.5 Å². The molecule has 0 radical (unpaired) electrons. The van der Waals surface area contributed by atoms with E-state index in [1.807, 2.05) is 6.92 Å². The number of rotatable bonds is 8. The van der Waals surface area contributed by atoms with Crippen molar-refractivity contribution < 1.29 is 9.90 Å². The second-order valence-electron chi connectivity index (χ2n) is 4.15. The molecule has 0 fully saturated rings. The maximum Gasteiger partial charge on any atom is 0.220 e. The molecule has 0 saturated carbocycles. The molecule has 1 aromatic heterocycles. The molecule has 102 valence electrons. The zero-order chi connectivity index (χ0) is 13.4. The van der Waals surface area contributed by atoms with Gasteiger partial charge in [-0.1, -0.05) is 0 Å². The summed E-state index contributed by atoms with van der Waals surface area (Å²) >= 11 is 3.38. The van der Waals surface area contributed by atoms with Gasteiger partial charge in [0.25, 0.3) is 0 Å².